The summed E-state index contributed by atoms with van der Waals surface area (Å²) in [4.78, 5) is 51.1. The van der Waals surface area contributed by atoms with Gasteiger partial charge in [0, 0.05) is 31.4 Å². The van der Waals surface area contributed by atoms with Crippen LogP contribution in [-0.2, 0) is 11.2 Å². The molecule has 9 nitrogen and oxygen atoms in total. The number of esters is 1. The highest BCUT2D eigenvalue weighted by molar-refractivity contribution is 6.04. The summed E-state index contributed by atoms with van der Waals surface area (Å²) in [7, 11) is 0. The molecule has 1 unspecified atom stereocenters. The van der Waals surface area contributed by atoms with Gasteiger partial charge in [-0.05, 0) is 46.2 Å². The maximum atomic E-state index is 13.5. The molecule has 9 heteroatoms. The Morgan fingerprint density at radius 1 is 1.09 bits per heavy atom. The molecule has 0 saturated carbocycles. The molecule has 1 fully saturated rings. The van der Waals surface area contributed by atoms with Crippen LogP contribution in [0.2, 0.25) is 0 Å². The van der Waals surface area contributed by atoms with E-state index in [2.05, 4.69) is 15.3 Å². The number of nitrogens with zero attached hydrogens (tertiary/aromatic N) is 4. The van der Waals surface area contributed by atoms with Gasteiger partial charge in [-0.15, -0.1) is 0 Å². The van der Waals surface area contributed by atoms with Crippen LogP contribution in [0.1, 0.15) is 65.1 Å². The van der Waals surface area contributed by atoms with Crippen molar-refractivity contribution < 1.29 is 19.1 Å². The quantitative estimate of drug-likeness (QED) is 0.651. The van der Waals surface area contributed by atoms with Crippen molar-refractivity contribution in [2.45, 2.75) is 53.5 Å². The Hall–Kier alpha value is -3.49. The number of rotatable bonds is 6. The minimum atomic E-state index is -0.585. The average Bonchev–Trinajstić information content (AvgIpc) is 2.79. The van der Waals surface area contributed by atoms with Crippen molar-refractivity contribution in [1.29, 1.82) is 0 Å². The van der Waals surface area contributed by atoms with Gasteiger partial charge in [-0.1, -0.05) is 31.0 Å². The first-order valence-corrected chi connectivity index (χ1v) is 11.7. The molecule has 34 heavy (non-hydrogen) atoms. The third-order valence-electron chi connectivity index (χ3n) is 5.74. The zero-order valence-electron chi connectivity index (χ0n) is 20.6. The van der Waals surface area contributed by atoms with Crippen molar-refractivity contribution in [2.24, 2.45) is 0 Å². The summed E-state index contributed by atoms with van der Waals surface area (Å²) in [5.41, 5.74) is 2.58. The summed E-state index contributed by atoms with van der Waals surface area (Å²) in [5, 5.41) is 2.91. The van der Waals surface area contributed by atoms with E-state index in [1.54, 1.807) is 23.6 Å². The van der Waals surface area contributed by atoms with Gasteiger partial charge in [0.05, 0.1) is 12.3 Å². The van der Waals surface area contributed by atoms with Gasteiger partial charge in [0.2, 0.25) is 0 Å². The lowest BCUT2D eigenvalue weighted by molar-refractivity contribution is 0.0502. The summed E-state index contributed by atoms with van der Waals surface area (Å²) >= 11 is 0. The van der Waals surface area contributed by atoms with Gasteiger partial charge < -0.3 is 19.9 Å². The number of anilines is 1. The maximum absolute atomic E-state index is 13.5. The molecule has 0 spiro atoms. The monoisotopic (exact) mass is 467 g/mol. The molecule has 1 aromatic heterocycles. The van der Waals surface area contributed by atoms with Crippen LogP contribution in [0.15, 0.2) is 24.3 Å². The number of benzene rings is 1. The fourth-order valence-electron chi connectivity index (χ4n) is 4.05. The number of aryl methyl sites for hydroxylation is 3. The minimum Gasteiger partial charge on any atom is -0.462 e. The zero-order chi connectivity index (χ0) is 24.8. The second-order valence-corrected chi connectivity index (χ2v) is 8.50. The summed E-state index contributed by atoms with van der Waals surface area (Å²) in [5.74, 6) is -0.501. The molecule has 0 aliphatic carbocycles. The molecule has 0 radical (unpaired) electrons. The highest BCUT2D eigenvalue weighted by Gasteiger charge is 2.34. The van der Waals surface area contributed by atoms with Crippen LogP contribution in [-0.4, -0.2) is 70.0 Å². The van der Waals surface area contributed by atoms with Crippen LogP contribution in [0, 0.1) is 13.8 Å². The van der Waals surface area contributed by atoms with Crippen molar-refractivity contribution in [3.63, 3.8) is 0 Å². The third kappa shape index (κ3) is 5.70. The molecule has 1 atom stereocenters. The molecule has 3 amide bonds. The Balaban J connectivity index is 1.78. The molecule has 1 aliphatic rings. The summed E-state index contributed by atoms with van der Waals surface area (Å²) in [6.45, 7) is 10.5. The lowest BCUT2D eigenvalue weighted by Crippen LogP contribution is -2.56. The molecule has 3 rings (SSSR count). The molecule has 1 N–H and O–H groups in total. The number of amides is 3. The Labute approximate surface area is 200 Å². The second-order valence-electron chi connectivity index (χ2n) is 8.50. The van der Waals surface area contributed by atoms with Crippen LogP contribution in [0.5, 0.6) is 0 Å². The molecular weight excluding hydrogens is 434 g/mol. The number of urea groups is 1. The molecule has 1 aliphatic heterocycles. The maximum Gasteiger partial charge on any atom is 0.342 e. The molecular formula is C25H33N5O4. The van der Waals surface area contributed by atoms with E-state index in [9.17, 15) is 14.4 Å². The number of aromatic nitrogens is 2. The normalized spacial score (nSPS) is 15.7. The summed E-state index contributed by atoms with van der Waals surface area (Å²) in [6, 6.07) is 7.17. The van der Waals surface area contributed by atoms with E-state index in [-0.39, 0.29) is 35.8 Å². The number of ether oxygens (including phenoxy) is 1. The predicted octanol–water partition coefficient (Wildman–Crippen LogP) is 3.60. The number of nitrogens with one attached hydrogen (secondary N) is 1. The second kappa shape index (κ2) is 11.1. The molecule has 0 bridgehead atoms. The van der Waals surface area contributed by atoms with Gasteiger partial charge in [0.25, 0.3) is 5.91 Å². The van der Waals surface area contributed by atoms with Gasteiger partial charge in [-0.2, -0.15) is 0 Å². The topological polar surface area (TPSA) is 105 Å². The predicted molar refractivity (Wildman–Crippen MR) is 129 cm³/mol. The van der Waals surface area contributed by atoms with Crippen LogP contribution < -0.4 is 5.32 Å². The minimum absolute atomic E-state index is 0.0687. The van der Waals surface area contributed by atoms with Gasteiger partial charge in [0.1, 0.15) is 17.1 Å². The molecule has 1 aromatic carbocycles. The van der Waals surface area contributed by atoms with Gasteiger partial charge >= 0.3 is 12.0 Å². The van der Waals surface area contributed by atoms with Crippen molar-refractivity contribution in [3.05, 3.63) is 52.6 Å². The first kappa shape index (κ1) is 25.1. The van der Waals surface area contributed by atoms with E-state index in [0.29, 0.717) is 37.6 Å². The van der Waals surface area contributed by atoms with Crippen molar-refractivity contribution in [1.82, 2.24) is 19.8 Å². The smallest absolute Gasteiger partial charge is 0.342 e. The van der Waals surface area contributed by atoms with Crippen molar-refractivity contribution >= 4 is 23.6 Å². The molecule has 1 saturated heterocycles. The van der Waals surface area contributed by atoms with Crippen LogP contribution >= 0.6 is 0 Å². The van der Waals surface area contributed by atoms with E-state index in [4.69, 9.17) is 4.74 Å². The Bertz CT molecular complexity index is 1050. The lowest BCUT2D eigenvalue weighted by atomic mass is 10.1. The highest BCUT2D eigenvalue weighted by atomic mass is 16.5. The number of hydrogen-bond donors (Lipinski definition) is 1. The van der Waals surface area contributed by atoms with Crippen LogP contribution in [0.25, 0.3) is 0 Å². The molecule has 182 valence electrons. The Morgan fingerprint density at radius 2 is 1.79 bits per heavy atom. The van der Waals surface area contributed by atoms with E-state index < -0.39 is 5.97 Å². The van der Waals surface area contributed by atoms with Crippen LogP contribution in [0.4, 0.5) is 10.5 Å². The van der Waals surface area contributed by atoms with E-state index >= 15 is 0 Å². The average molecular weight is 468 g/mol. The number of piperazine rings is 1. The first-order valence-electron chi connectivity index (χ1n) is 11.7. The highest BCUT2D eigenvalue weighted by Crippen LogP contribution is 2.20. The van der Waals surface area contributed by atoms with E-state index in [0.717, 1.165) is 17.7 Å². The Morgan fingerprint density at radius 3 is 2.41 bits per heavy atom. The van der Waals surface area contributed by atoms with Gasteiger partial charge in [-0.3, -0.25) is 4.79 Å². The SMILES string of the molecule is CCCc1nc(C)nc(C(=O)N2CCN(C(=O)Nc3ccc(C)cc3)C(C)C2)c1C(=O)OCC. The third-order valence-corrected chi connectivity index (χ3v) is 5.74. The number of carbonyl (C=O) groups excluding carboxylic acids is 3. The lowest BCUT2D eigenvalue weighted by Gasteiger charge is -2.39. The van der Waals surface area contributed by atoms with Crippen molar-refractivity contribution in [2.75, 3.05) is 31.6 Å². The Kier molecular flexibility index (Phi) is 8.20. The summed E-state index contributed by atoms with van der Waals surface area (Å²) in [6.07, 6.45) is 1.31. The number of hydrogen-bond acceptors (Lipinski definition) is 6. The fraction of sp³-hybridized carbons (Fsp3) is 0.480. The fourth-order valence-corrected chi connectivity index (χ4v) is 4.05. The standard InChI is InChI=1S/C25H33N5O4/c1-6-8-20-21(24(32)34-7-2)22(27-18(5)26-20)23(31)29-13-14-30(17(4)15-29)25(33)28-19-11-9-16(3)10-12-19/h9-12,17H,6-8,13-15H2,1-5H3,(H,28,33). The van der Waals surface area contributed by atoms with Crippen molar-refractivity contribution in [3.8, 4) is 0 Å². The largest absolute Gasteiger partial charge is 0.462 e. The number of carbonyl (C=O) groups is 3. The first-order chi connectivity index (χ1) is 16.2. The van der Waals surface area contributed by atoms with E-state index in [1.165, 1.54) is 0 Å². The van der Waals surface area contributed by atoms with Crippen LogP contribution in [0.3, 0.4) is 0 Å². The zero-order valence-corrected chi connectivity index (χ0v) is 20.6. The summed E-state index contributed by atoms with van der Waals surface area (Å²) < 4.78 is 5.22. The van der Waals surface area contributed by atoms with Gasteiger partial charge in [-0.25, -0.2) is 19.6 Å². The van der Waals surface area contributed by atoms with Gasteiger partial charge in [0.15, 0.2) is 0 Å². The molecule has 2 heterocycles. The molecule has 2 aromatic rings. The van der Waals surface area contributed by atoms with E-state index in [1.807, 2.05) is 45.0 Å².